The molecule has 0 amide bonds. The molecule has 0 aromatic carbocycles. The highest BCUT2D eigenvalue weighted by atomic mass is 15.0. The smallest absolute Gasteiger partial charge is 0.186 e. The van der Waals surface area contributed by atoms with Crippen molar-refractivity contribution in [2.45, 2.75) is 46.6 Å². The predicted octanol–water partition coefficient (Wildman–Crippen LogP) is 1.72. The minimum absolute atomic E-state index is 0.0984. The molecule has 13 heavy (non-hydrogen) atoms. The molecule has 0 fully saturated rings. The summed E-state index contributed by atoms with van der Waals surface area (Å²) in [5.41, 5.74) is 10.8. The van der Waals surface area contributed by atoms with Crippen LogP contribution in [0.15, 0.2) is 4.99 Å². The highest BCUT2D eigenvalue weighted by Crippen LogP contribution is 2.33. The van der Waals surface area contributed by atoms with Gasteiger partial charge >= 0.3 is 0 Å². The van der Waals surface area contributed by atoms with Crippen LogP contribution in [-0.4, -0.2) is 11.5 Å². The lowest BCUT2D eigenvalue weighted by atomic mass is 9.75. The standard InChI is InChI=1S/C10H23N3/c1-6-10(7(2)3,8(4)5)13-9(11)12/h7-8H,6H2,1-5H3,(H4,11,12,13). The molecule has 0 saturated heterocycles. The van der Waals surface area contributed by atoms with Crippen LogP contribution in [0.2, 0.25) is 0 Å². The summed E-state index contributed by atoms with van der Waals surface area (Å²) in [6, 6.07) is 0. The zero-order chi connectivity index (χ0) is 10.6. The molecular formula is C10H23N3. The Bertz CT molecular complexity index is 171. The van der Waals surface area contributed by atoms with Gasteiger partial charge < -0.3 is 11.5 Å². The second-order valence-corrected chi connectivity index (χ2v) is 4.19. The van der Waals surface area contributed by atoms with Crippen LogP contribution >= 0.6 is 0 Å². The molecule has 0 bridgehead atoms. The first-order valence-electron chi connectivity index (χ1n) is 4.97. The fourth-order valence-electron chi connectivity index (χ4n) is 2.06. The quantitative estimate of drug-likeness (QED) is 0.517. The first-order valence-corrected chi connectivity index (χ1v) is 4.97. The van der Waals surface area contributed by atoms with Crippen molar-refractivity contribution >= 4 is 5.96 Å². The number of guanidine groups is 1. The first-order chi connectivity index (χ1) is 5.86. The molecule has 3 heteroatoms. The van der Waals surface area contributed by atoms with Crippen molar-refractivity contribution in [2.24, 2.45) is 28.3 Å². The molecule has 0 unspecified atom stereocenters. The van der Waals surface area contributed by atoms with Crippen LogP contribution in [-0.2, 0) is 0 Å². The number of hydrogen-bond acceptors (Lipinski definition) is 1. The lowest BCUT2D eigenvalue weighted by Crippen LogP contribution is -2.42. The zero-order valence-electron chi connectivity index (χ0n) is 9.46. The summed E-state index contributed by atoms with van der Waals surface area (Å²) in [6.45, 7) is 10.8. The number of nitrogens with two attached hydrogens (primary N) is 2. The van der Waals surface area contributed by atoms with Crippen molar-refractivity contribution in [1.29, 1.82) is 0 Å². The second kappa shape index (κ2) is 4.49. The molecule has 0 aliphatic carbocycles. The van der Waals surface area contributed by atoms with Gasteiger partial charge in [0.05, 0.1) is 5.54 Å². The summed E-state index contributed by atoms with van der Waals surface area (Å²) in [6.07, 6.45) is 0.972. The number of aliphatic imine (C=N–C) groups is 1. The Kier molecular flexibility index (Phi) is 4.24. The molecule has 0 aromatic rings. The maximum absolute atomic E-state index is 5.46. The average molecular weight is 185 g/mol. The number of hydrogen-bond donors (Lipinski definition) is 2. The predicted molar refractivity (Wildman–Crippen MR) is 58.5 cm³/mol. The van der Waals surface area contributed by atoms with Crippen LogP contribution in [0.25, 0.3) is 0 Å². The number of rotatable bonds is 4. The average Bonchev–Trinajstić information content (AvgIpc) is 1.98. The molecule has 0 atom stereocenters. The fraction of sp³-hybridized carbons (Fsp3) is 0.900. The van der Waals surface area contributed by atoms with Crippen LogP contribution in [0.3, 0.4) is 0 Å². The Morgan fingerprint density at radius 2 is 1.54 bits per heavy atom. The minimum Gasteiger partial charge on any atom is -0.370 e. The van der Waals surface area contributed by atoms with Gasteiger partial charge in [0.2, 0.25) is 0 Å². The van der Waals surface area contributed by atoms with E-state index in [0.717, 1.165) is 6.42 Å². The molecule has 0 heterocycles. The van der Waals surface area contributed by atoms with Gasteiger partial charge in [-0.1, -0.05) is 34.6 Å². The summed E-state index contributed by atoms with van der Waals surface area (Å²) < 4.78 is 0. The Hall–Kier alpha value is -0.730. The van der Waals surface area contributed by atoms with Gasteiger partial charge in [0, 0.05) is 0 Å². The topological polar surface area (TPSA) is 64.4 Å². The highest BCUT2D eigenvalue weighted by Gasteiger charge is 2.34. The Labute approximate surface area is 81.6 Å². The van der Waals surface area contributed by atoms with E-state index in [0.29, 0.717) is 11.8 Å². The van der Waals surface area contributed by atoms with Crippen LogP contribution in [0.5, 0.6) is 0 Å². The van der Waals surface area contributed by atoms with Gasteiger partial charge in [0.1, 0.15) is 0 Å². The molecule has 78 valence electrons. The molecule has 3 nitrogen and oxygen atoms in total. The normalized spacial score (nSPS) is 12.2. The van der Waals surface area contributed by atoms with E-state index in [1.54, 1.807) is 0 Å². The highest BCUT2D eigenvalue weighted by molar-refractivity contribution is 5.76. The summed E-state index contributed by atoms with van der Waals surface area (Å²) in [4.78, 5) is 4.40. The maximum Gasteiger partial charge on any atom is 0.186 e. The Morgan fingerprint density at radius 1 is 1.15 bits per heavy atom. The van der Waals surface area contributed by atoms with E-state index in [4.69, 9.17) is 11.5 Å². The van der Waals surface area contributed by atoms with Crippen molar-refractivity contribution in [2.75, 3.05) is 0 Å². The summed E-state index contributed by atoms with van der Waals surface area (Å²) in [5, 5.41) is 0. The molecule has 0 rings (SSSR count). The van der Waals surface area contributed by atoms with Crippen molar-refractivity contribution in [3.05, 3.63) is 0 Å². The monoisotopic (exact) mass is 185 g/mol. The van der Waals surface area contributed by atoms with Gasteiger partial charge in [0.25, 0.3) is 0 Å². The molecule has 0 aromatic heterocycles. The van der Waals surface area contributed by atoms with Gasteiger partial charge in [-0.2, -0.15) is 0 Å². The van der Waals surface area contributed by atoms with Crippen molar-refractivity contribution < 1.29 is 0 Å². The van der Waals surface area contributed by atoms with Crippen LogP contribution in [0, 0.1) is 11.8 Å². The molecule has 0 saturated carbocycles. The van der Waals surface area contributed by atoms with E-state index in [-0.39, 0.29) is 11.5 Å². The largest absolute Gasteiger partial charge is 0.370 e. The summed E-state index contributed by atoms with van der Waals surface area (Å²) >= 11 is 0. The maximum atomic E-state index is 5.46. The van der Waals surface area contributed by atoms with Crippen LogP contribution in [0.4, 0.5) is 0 Å². The molecule has 4 N–H and O–H groups in total. The van der Waals surface area contributed by atoms with E-state index in [1.807, 2.05) is 0 Å². The van der Waals surface area contributed by atoms with E-state index >= 15 is 0 Å². The van der Waals surface area contributed by atoms with Crippen molar-refractivity contribution in [3.63, 3.8) is 0 Å². The van der Waals surface area contributed by atoms with Crippen molar-refractivity contribution in [3.8, 4) is 0 Å². The lowest BCUT2D eigenvalue weighted by Gasteiger charge is -2.37. The Balaban J connectivity index is 4.99. The molecule has 0 spiro atoms. The van der Waals surface area contributed by atoms with Gasteiger partial charge in [-0.15, -0.1) is 0 Å². The summed E-state index contributed by atoms with van der Waals surface area (Å²) in [7, 11) is 0. The van der Waals surface area contributed by atoms with E-state index < -0.39 is 0 Å². The van der Waals surface area contributed by atoms with Gasteiger partial charge in [-0.25, -0.2) is 4.99 Å². The third-order valence-corrected chi connectivity index (χ3v) is 2.90. The van der Waals surface area contributed by atoms with Crippen LogP contribution < -0.4 is 11.5 Å². The summed E-state index contributed by atoms with van der Waals surface area (Å²) in [5.74, 6) is 1.11. The number of nitrogens with zero attached hydrogens (tertiary/aromatic N) is 1. The zero-order valence-corrected chi connectivity index (χ0v) is 9.46. The lowest BCUT2D eigenvalue weighted by molar-refractivity contribution is 0.219. The van der Waals surface area contributed by atoms with Gasteiger partial charge in [0.15, 0.2) is 5.96 Å². The first kappa shape index (κ1) is 12.3. The third-order valence-electron chi connectivity index (χ3n) is 2.90. The third kappa shape index (κ3) is 2.61. The van der Waals surface area contributed by atoms with E-state index in [2.05, 4.69) is 39.6 Å². The van der Waals surface area contributed by atoms with Gasteiger partial charge in [-0.3, -0.25) is 0 Å². The van der Waals surface area contributed by atoms with E-state index in [1.165, 1.54) is 0 Å². The molecular weight excluding hydrogens is 162 g/mol. The second-order valence-electron chi connectivity index (χ2n) is 4.19. The van der Waals surface area contributed by atoms with Crippen LogP contribution in [0.1, 0.15) is 41.0 Å². The molecule has 0 aliphatic rings. The van der Waals surface area contributed by atoms with Gasteiger partial charge in [-0.05, 0) is 18.3 Å². The Morgan fingerprint density at radius 3 is 1.62 bits per heavy atom. The molecule has 0 aliphatic heterocycles. The fourth-order valence-corrected chi connectivity index (χ4v) is 2.06. The van der Waals surface area contributed by atoms with E-state index in [9.17, 15) is 0 Å². The SMILES string of the molecule is CCC(N=C(N)N)(C(C)C)C(C)C. The molecule has 0 radical (unpaired) electrons. The van der Waals surface area contributed by atoms with Crippen molar-refractivity contribution in [1.82, 2.24) is 0 Å². The minimum atomic E-state index is -0.0984.